The van der Waals surface area contributed by atoms with Crippen LogP contribution < -0.4 is 4.90 Å². The summed E-state index contributed by atoms with van der Waals surface area (Å²) >= 11 is 1.60. The molecular formula is C28H36N4O2S. The Balaban J connectivity index is 0.986. The minimum absolute atomic E-state index is 0.0261. The predicted molar refractivity (Wildman–Crippen MR) is 138 cm³/mol. The van der Waals surface area contributed by atoms with Gasteiger partial charge in [-0.15, -0.1) is 0 Å². The second-order valence-corrected chi connectivity index (χ2v) is 12.6. The summed E-state index contributed by atoms with van der Waals surface area (Å²) in [5.74, 6) is 3.59. The molecule has 2 amide bonds. The molecule has 0 radical (unpaired) electrons. The van der Waals surface area contributed by atoms with Crippen molar-refractivity contribution in [2.45, 2.75) is 44.9 Å². The summed E-state index contributed by atoms with van der Waals surface area (Å²) in [7, 11) is 0. The minimum Gasteiger partial charge on any atom is -0.353 e. The lowest BCUT2D eigenvalue weighted by atomic mass is 9.78. The molecule has 35 heavy (non-hydrogen) atoms. The van der Waals surface area contributed by atoms with Crippen LogP contribution in [0.5, 0.6) is 0 Å². The van der Waals surface area contributed by atoms with Crippen LogP contribution in [0.25, 0.3) is 10.1 Å². The van der Waals surface area contributed by atoms with Crippen molar-refractivity contribution < 1.29 is 9.59 Å². The molecule has 1 aromatic heterocycles. The van der Waals surface area contributed by atoms with Crippen LogP contribution in [0, 0.1) is 35.5 Å². The van der Waals surface area contributed by atoms with Gasteiger partial charge < -0.3 is 4.90 Å². The number of fused-ring (bicyclic) bond motifs is 6. The molecule has 6 atom stereocenters. The van der Waals surface area contributed by atoms with Gasteiger partial charge in [-0.05, 0) is 79.4 Å². The number of carbonyl (C=O) groups is 2. The molecule has 2 unspecified atom stereocenters. The first-order valence-corrected chi connectivity index (χ1v) is 14.6. The van der Waals surface area contributed by atoms with Crippen LogP contribution in [0.15, 0.2) is 24.3 Å². The lowest BCUT2D eigenvalue weighted by Crippen LogP contribution is -2.49. The van der Waals surface area contributed by atoms with Crippen LogP contribution in [-0.4, -0.2) is 65.3 Å². The highest BCUT2D eigenvalue weighted by Gasteiger charge is 2.61. The molecule has 2 aliphatic heterocycles. The highest BCUT2D eigenvalue weighted by molar-refractivity contribution is 7.13. The number of amides is 2. The number of carbonyl (C=O) groups excluding carboxylic acids is 2. The predicted octanol–water partition coefficient (Wildman–Crippen LogP) is 4.26. The molecule has 1 aromatic carbocycles. The molecule has 2 bridgehead atoms. The average molecular weight is 493 g/mol. The van der Waals surface area contributed by atoms with Crippen LogP contribution in [0.2, 0.25) is 0 Å². The van der Waals surface area contributed by atoms with Crippen molar-refractivity contribution in [1.29, 1.82) is 0 Å². The maximum absolute atomic E-state index is 13.3. The summed E-state index contributed by atoms with van der Waals surface area (Å²) in [5, 5.41) is 1.27. The first-order chi connectivity index (χ1) is 17.2. The van der Waals surface area contributed by atoms with E-state index < -0.39 is 0 Å². The van der Waals surface area contributed by atoms with E-state index in [0.717, 1.165) is 64.2 Å². The van der Waals surface area contributed by atoms with E-state index in [2.05, 4.69) is 34.1 Å². The third-order valence-electron chi connectivity index (χ3n) is 10.0. The highest BCUT2D eigenvalue weighted by atomic mass is 32.1. The van der Waals surface area contributed by atoms with Crippen molar-refractivity contribution in [3.05, 3.63) is 24.3 Å². The molecule has 5 fully saturated rings. The van der Waals surface area contributed by atoms with Crippen LogP contribution in [0.1, 0.15) is 44.9 Å². The molecule has 0 N–H and O–H groups in total. The number of hydrogen-bond donors (Lipinski definition) is 0. The Morgan fingerprint density at radius 2 is 1.49 bits per heavy atom. The van der Waals surface area contributed by atoms with Crippen LogP contribution in [0.4, 0.5) is 5.82 Å². The molecule has 2 aromatic rings. The second-order valence-electron chi connectivity index (χ2n) is 11.8. The number of nitrogens with zero attached hydrogens (tertiary/aromatic N) is 4. The zero-order valence-corrected chi connectivity index (χ0v) is 21.3. The Bertz CT molecular complexity index is 1100. The zero-order valence-electron chi connectivity index (χ0n) is 20.5. The SMILES string of the molecule is O=C1[C@@H]2C3CCC(C3)[C@@H]2C(=O)N1C[C@@H]1CCCC[C@@H]1CN1CCN(c2nsc3ccccc23)CC1. The molecule has 0 spiro atoms. The topological polar surface area (TPSA) is 56.8 Å². The van der Waals surface area contributed by atoms with E-state index >= 15 is 0 Å². The van der Waals surface area contributed by atoms with Crippen molar-refractivity contribution in [1.82, 2.24) is 14.2 Å². The van der Waals surface area contributed by atoms with Gasteiger partial charge >= 0.3 is 0 Å². The van der Waals surface area contributed by atoms with E-state index in [4.69, 9.17) is 4.37 Å². The van der Waals surface area contributed by atoms with E-state index in [0.29, 0.717) is 30.2 Å². The number of piperazine rings is 1. The molecular weight excluding hydrogens is 456 g/mol. The summed E-state index contributed by atoms with van der Waals surface area (Å²) in [6, 6.07) is 8.54. The van der Waals surface area contributed by atoms with Gasteiger partial charge in [0, 0.05) is 44.7 Å². The van der Waals surface area contributed by atoms with Gasteiger partial charge in [-0.1, -0.05) is 25.0 Å². The fourth-order valence-electron chi connectivity index (χ4n) is 8.22. The highest BCUT2D eigenvalue weighted by Crippen LogP contribution is 2.56. The van der Waals surface area contributed by atoms with Gasteiger partial charge in [0.2, 0.25) is 11.8 Å². The lowest BCUT2D eigenvalue weighted by Gasteiger charge is -2.40. The number of imide groups is 1. The summed E-state index contributed by atoms with van der Waals surface area (Å²) in [6.45, 7) is 5.93. The van der Waals surface area contributed by atoms with Crippen LogP contribution in [0.3, 0.4) is 0 Å². The van der Waals surface area contributed by atoms with Crippen molar-refractivity contribution in [2.75, 3.05) is 44.2 Å². The Hall–Kier alpha value is -1.99. The Labute approximate surface area is 211 Å². The van der Waals surface area contributed by atoms with Gasteiger partial charge in [0.05, 0.1) is 16.5 Å². The van der Waals surface area contributed by atoms with Gasteiger partial charge in [-0.25, -0.2) is 0 Å². The number of anilines is 1. The number of likely N-dealkylation sites (tertiary alicyclic amines) is 1. The first kappa shape index (κ1) is 22.2. The van der Waals surface area contributed by atoms with Crippen molar-refractivity contribution >= 4 is 39.3 Å². The van der Waals surface area contributed by atoms with Crippen LogP contribution >= 0.6 is 11.5 Å². The third kappa shape index (κ3) is 3.72. The zero-order chi connectivity index (χ0) is 23.5. The maximum atomic E-state index is 13.3. The molecule has 6 nitrogen and oxygen atoms in total. The second kappa shape index (κ2) is 8.84. The Morgan fingerprint density at radius 3 is 2.20 bits per heavy atom. The number of hydrogen-bond acceptors (Lipinski definition) is 6. The molecule has 7 rings (SSSR count). The summed E-state index contributed by atoms with van der Waals surface area (Å²) in [6.07, 6.45) is 8.35. The van der Waals surface area contributed by atoms with E-state index in [-0.39, 0.29) is 23.7 Å². The fourth-order valence-corrected chi connectivity index (χ4v) is 9.02. The average Bonchev–Trinajstić information content (AvgIpc) is 3.66. The van der Waals surface area contributed by atoms with E-state index in [1.165, 1.54) is 29.3 Å². The van der Waals surface area contributed by atoms with Gasteiger partial charge in [-0.2, -0.15) is 4.37 Å². The summed E-state index contributed by atoms with van der Waals surface area (Å²) < 4.78 is 6.02. The molecule has 3 aliphatic carbocycles. The molecule has 186 valence electrons. The van der Waals surface area contributed by atoms with Crippen molar-refractivity contribution in [3.8, 4) is 0 Å². The monoisotopic (exact) mass is 492 g/mol. The normalized spacial score (nSPS) is 35.4. The Morgan fingerprint density at radius 1 is 0.829 bits per heavy atom. The number of benzene rings is 1. The Kier molecular flexibility index (Phi) is 5.61. The lowest BCUT2D eigenvalue weighted by molar-refractivity contribution is -0.142. The van der Waals surface area contributed by atoms with E-state index in [1.54, 1.807) is 16.4 Å². The first-order valence-electron chi connectivity index (χ1n) is 13.8. The quantitative estimate of drug-likeness (QED) is 0.584. The van der Waals surface area contributed by atoms with Crippen molar-refractivity contribution in [3.63, 3.8) is 0 Å². The summed E-state index contributed by atoms with van der Waals surface area (Å²) in [5.41, 5.74) is 0. The fraction of sp³-hybridized carbons (Fsp3) is 0.679. The van der Waals surface area contributed by atoms with E-state index in [1.807, 2.05) is 0 Å². The number of rotatable bonds is 5. The van der Waals surface area contributed by atoms with Gasteiger partial charge in [0.15, 0.2) is 0 Å². The van der Waals surface area contributed by atoms with Gasteiger partial charge in [0.1, 0.15) is 5.82 Å². The smallest absolute Gasteiger partial charge is 0.233 e. The van der Waals surface area contributed by atoms with Crippen molar-refractivity contribution in [2.24, 2.45) is 35.5 Å². The van der Waals surface area contributed by atoms with Crippen LogP contribution in [-0.2, 0) is 9.59 Å². The third-order valence-corrected chi connectivity index (χ3v) is 10.8. The van der Waals surface area contributed by atoms with Gasteiger partial charge in [0.25, 0.3) is 0 Å². The number of aromatic nitrogens is 1. The molecule has 2 saturated heterocycles. The minimum atomic E-state index is 0.0261. The largest absolute Gasteiger partial charge is 0.353 e. The molecule has 3 saturated carbocycles. The standard InChI is InChI=1S/C28H36N4O2S/c33-27-24-18-9-10-19(15-18)25(24)28(34)32(27)17-21-6-2-1-5-20(21)16-30-11-13-31(14-12-30)26-22-7-3-4-8-23(22)35-29-26/h3-4,7-8,18-21,24-25H,1-2,5-6,9-17H2/t18?,19?,20-,21+,24-,25+/m1/s1. The molecule has 7 heteroatoms. The molecule has 3 heterocycles. The van der Waals surface area contributed by atoms with Gasteiger partial charge in [-0.3, -0.25) is 19.4 Å². The maximum Gasteiger partial charge on any atom is 0.233 e. The van der Waals surface area contributed by atoms with E-state index in [9.17, 15) is 9.59 Å². The summed E-state index contributed by atoms with van der Waals surface area (Å²) in [4.78, 5) is 33.4. The molecule has 5 aliphatic rings.